The van der Waals surface area contributed by atoms with E-state index in [2.05, 4.69) is 67.1 Å². The highest BCUT2D eigenvalue weighted by Crippen LogP contribution is 2.54. The molecule has 0 radical (unpaired) electrons. The normalized spacial score (nSPS) is 19.9. The first-order valence-electron chi connectivity index (χ1n) is 10.3. The molecule has 0 unspecified atom stereocenters. The van der Waals surface area contributed by atoms with Gasteiger partial charge >= 0.3 is 0 Å². The molecule has 31 heavy (non-hydrogen) atoms. The number of phenolic OH excluding ortho intramolecular Hbond substituents is 1. The summed E-state index contributed by atoms with van der Waals surface area (Å²) in [5.74, 6) is 1.61. The highest BCUT2D eigenvalue weighted by Gasteiger charge is 2.42. The summed E-state index contributed by atoms with van der Waals surface area (Å²) < 4.78 is 13.0. The molecule has 0 aromatic heterocycles. The van der Waals surface area contributed by atoms with Gasteiger partial charge < -0.3 is 14.6 Å². The van der Waals surface area contributed by atoms with Gasteiger partial charge in [-0.2, -0.15) is 0 Å². The average Bonchev–Trinajstić information content (AvgIpc) is 2.80. The molecule has 3 aromatic rings. The molecule has 5 rings (SSSR count). The van der Waals surface area contributed by atoms with Crippen LogP contribution in [0, 0.1) is 0 Å². The Bertz CT molecular complexity index is 1160. The van der Waals surface area contributed by atoms with Crippen LogP contribution in [0.2, 0.25) is 0 Å². The van der Waals surface area contributed by atoms with Crippen LogP contribution < -0.4 is 9.47 Å². The van der Waals surface area contributed by atoms with E-state index in [-0.39, 0.29) is 17.8 Å². The third-order valence-electron chi connectivity index (χ3n) is 6.53. The van der Waals surface area contributed by atoms with Crippen LogP contribution in [0.15, 0.2) is 57.5 Å². The Morgan fingerprint density at radius 2 is 1.77 bits per heavy atom. The maximum absolute atomic E-state index is 11.2. The summed E-state index contributed by atoms with van der Waals surface area (Å²) >= 11 is 7.53. The van der Waals surface area contributed by atoms with E-state index in [1.165, 1.54) is 11.1 Å². The first kappa shape index (κ1) is 20.9. The van der Waals surface area contributed by atoms with Crippen LogP contribution in [0.4, 0.5) is 0 Å². The van der Waals surface area contributed by atoms with Crippen LogP contribution in [-0.4, -0.2) is 30.8 Å². The molecule has 2 aliphatic heterocycles. The molecule has 6 heteroatoms. The number of rotatable bonds is 3. The molecule has 0 aliphatic carbocycles. The fourth-order valence-corrected chi connectivity index (χ4v) is 6.18. The SMILES string of the molecule is COc1ccc2c(c1)CCN1[C@@H](c3ccccc3Br)c3c(O)c(OC)cc(Br)c3C[C@@H]21. The maximum Gasteiger partial charge on any atom is 0.163 e. The zero-order valence-electron chi connectivity index (χ0n) is 17.4. The lowest BCUT2D eigenvalue weighted by atomic mass is 9.78. The van der Waals surface area contributed by atoms with Crippen molar-refractivity contribution >= 4 is 31.9 Å². The molecular formula is C25H23Br2NO3. The Morgan fingerprint density at radius 3 is 2.52 bits per heavy atom. The summed E-state index contributed by atoms with van der Waals surface area (Å²) in [5.41, 5.74) is 5.86. The van der Waals surface area contributed by atoms with Gasteiger partial charge in [0.2, 0.25) is 0 Å². The van der Waals surface area contributed by atoms with E-state index >= 15 is 0 Å². The molecule has 2 aliphatic rings. The van der Waals surface area contributed by atoms with Crippen molar-refractivity contribution in [2.45, 2.75) is 24.9 Å². The predicted octanol–water partition coefficient (Wildman–Crippen LogP) is 6.18. The van der Waals surface area contributed by atoms with Gasteiger partial charge in [0, 0.05) is 27.1 Å². The predicted molar refractivity (Wildman–Crippen MR) is 128 cm³/mol. The van der Waals surface area contributed by atoms with Crippen LogP contribution in [-0.2, 0) is 12.8 Å². The third-order valence-corrected chi connectivity index (χ3v) is 7.96. The van der Waals surface area contributed by atoms with E-state index in [0.717, 1.165) is 50.8 Å². The number of hydrogen-bond donors (Lipinski definition) is 1. The van der Waals surface area contributed by atoms with Crippen LogP contribution >= 0.6 is 31.9 Å². The number of methoxy groups -OCH3 is 2. The summed E-state index contributed by atoms with van der Waals surface area (Å²) in [6, 6.07) is 16.7. The van der Waals surface area contributed by atoms with E-state index in [1.54, 1.807) is 14.2 Å². The minimum absolute atomic E-state index is 0.0917. The Kier molecular flexibility index (Phi) is 5.49. The minimum atomic E-state index is -0.0917. The number of nitrogens with zero attached hydrogens (tertiary/aromatic N) is 1. The first-order valence-corrected chi connectivity index (χ1v) is 11.9. The minimum Gasteiger partial charge on any atom is -0.504 e. The lowest BCUT2D eigenvalue weighted by Crippen LogP contribution is -2.43. The molecular weight excluding hydrogens is 522 g/mol. The van der Waals surface area contributed by atoms with E-state index in [9.17, 15) is 5.11 Å². The number of halogens is 2. The number of hydrogen-bond acceptors (Lipinski definition) is 4. The van der Waals surface area contributed by atoms with Gasteiger partial charge in [0.1, 0.15) is 5.75 Å². The molecule has 2 heterocycles. The van der Waals surface area contributed by atoms with E-state index in [1.807, 2.05) is 18.2 Å². The lowest BCUT2D eigenvalue weighted by Gasteiger charge is -2.47. The van der Waals surface area contributed by atoms with Crippen molar-refractivity contribution < 1.29 is 14.6 Å². The smallest absolute Gasteiger partial charge is 0.163 e. The summed E-state index contributed by atoms with van der Waals surface area (Å²) in [4.78, 5) is 2.52. The Hall–Kier alpha value is -2.02. The van der Waals surface area contributed by atoms with E-state index < -0.39 is 0 Å². The van der Waals surface area contributed by atoms with Crippen molar-refractivity contribution in [3.05, 3.63) is 85.3 Å². The number of fused-ring (bicyclic) bond motifs is 4. The zero-order valence-corrected chi connectivity index (χ0v) is 20.5. The van der Waals surface area contributed by atoms with Gasteiger partial charge in [0.05, 0.1) is 20.3 Å². The molecule has 3 aromatic carbocycles. The van der Waals surface area contributed by atoms with Crippen molar-refractivity contribution in [1.29, 1.82) is 0 Å². The molecule has 0 amide bonds. The van der Waals surface area contributed by atoms with Crippen LogP contribution in [0.1, 0.15) is 39.9 Å². The highest BCUT2D eigenvalue weighted by molar-refractivity contribution is 9.10. The van der Waals surface area contributed by atoms with Gasteiger partial charge in [0.25, 0.3) is 0 Å². The molecule has 2 atom stereocenters. The summed E-state index contributed by atoms with van der Waals surface area (Å²) in [5, 5.41) is 11.2. The molecule has 160 valence electrons. The van der Waals surface area contributed by atoms with E-state index in [0.29, 0.717) is 5.75 Å². The second kappa shape index (κ2) is 8.15. The summed E-state index contributed by atoms with van der Waals surface area (Å²) in [6.45, 7) is 0.893. The van der Waals surface area contributed by atoms with Crippen molar-refractivity contribution in [2.24, 2.45) is 0 Å². The van der Waals surface area contributed by atoms with Gasteiger partial charge in [-0.15, -0.1) is 0 Å². The van der Waals surface area contributed by atoms with Crippen LogP contribution in [0.25, 0.3) is 0 Å². The van der Waals surface area contributed by atoms with Crippen LogP contribution in [0.3, 0.4) is 0 Å². The Morgan fingerprint density at radius 1 is 0.968 bits per heavy atom. The number of benzene rings is 3. The molecule has 0 bridgehead atoms. The number of ether oxygens (including phenoxy) is 2. The van der Waals surface area contributed by atoms with Gasteiger partial charge in [-0.1, -0.05) is 56.1 Å². The molecule has 1 N–H and O–H groups in total. The Balaban J connectivity index is 1.75. The van der Waals surface area contributed by atoms with E-state index in [4.69, 9.17) is 9.47 Å². The largest absolute Gasteiger partial charge is 0.504 e. The summed E-state index contributed by atoms with van der Waals surface area (Å²) in [6.07, 6.45) is 1.75. The lowest BCUT2D eigenvalue weighted by molar-refractivity contribution is 0.125. The van der Waals surface area contributed by atoms with Gasteiger partial charge in [-0.25, -0.2) is 0 Å². The monoisotopic (exact) mass is 543 g/mol. The van der Waals surface area contributed by atoms with Gasteiger partial charge in [-0.3, -0.25) is 4.90 Å². The fourth-order valence-electron chi connectivity index (χ4n) is 5.09. The third kappa shape index (κ3) is 3.36. The Labute approximate surface area is 199 Å². The second-order valence-electron chi connectivity index (χ2n) is 8.00. The quantitative estimate of drug-likeness (QED) is 0.427. The molecule has 0 spiro atoms. The van der Waals surface area contributed by atoms with Gasteiger partial charge in [-0.05, 0) is 59.4 Å². The second-order valence-corrected chi connectivity index (χ2v) is 9.71. The average molecular weight is 545 g/mol. The topological polar surface area (TPSA) is 41.9 Å². The summed E-state index contributed by atoms with van der Waals surface area (Å²) in [7, 11) is 3.31. The van der Waals surface area contributed by atoms with Crippen LogP contribution in [0.5, 0.6) is 17.2 Å². The van der Waals surface area contributed by atoms with Crippen molar-refractivity contribution in [2.75, 3.05) is 20.8 Å². The first-order chi connectivity index (χ1) is 15.0. The van der Waals surface area contributed by atoms with Crippen molar-refractivity contribution in [3.63, 3.8) is 0 Å². The standard InChI is InChI=1S/C25H23Br2NO3/c1-30-15-7-8-16-14(11-15)9-10-28-21(16)12-18-20(27)13-22(31-2)25(29)23(18)24(28)17-5-3-4-6-19(17)26/h3-8,11,13,21,24,29H,9-10,12H2,1-2H3/t21-,24-/m0/s1. The van der Waals surface area contributed by atoms with Gasteiger partial charge in [0.15, 0.2) is 11.5 Å². The molecule has 0 saturated heterocycles. The number of aromatic hydroxyl groups is 1. The van der Waals surface area contributed by atoms with Crippen molar-refractivity contribution in [1.82, 2.24) is 4.90 Å². The van der Waals surface area contributed by atoms with Crippen molar-refractivity contribution in [3.8, 4) is 17.2 Å². The maximum atomic E-state index is 11.2. The zero-order chi connectivity index (χ0) is 21.7. The molecule has 0 fully saturated rings. The fraction of sp³-hybridized carbons (Fsp3) is 0.280. The highest BCUT2D eigenvalue weighted by atomic mass is 79.9. The number of phenols is 1. The molecule has 0 saturated carbocycles. The molecule has 4 nitrogen and oxygen atoms in total.